The van der Waals surface area contributed by atoms with Gasteiger partial charge in [-0.15, -0.1) is 0 Å². The molecular weight excluding hydrogens is 378 g/mol. The molecule has 0 saturated heterocycles. The number of anilines is 1. The third kappa shape index (κ3) is 7.06. The summed E-state index contributed by atoms with van der Waals surface area (Å²) in [4.78, 5) is 16.9. The number of carbonyl (C=O) groups excluding carboxylic acids is 1. The van der Waals surface area contributed by atoms with Crippen LogP contribution < -0.4 is 5.32 Å². The normalized spacial score (nSPS) is 10.9. The fraction of sp³-hybridized carbons (Fsp3) is 0.292. The number of ether oxygens (including phenoxy) is 1. The fourth-order valence-electron chi connectivity index (χ4n) is 2.98. The van der Waals surface area contributed by atoms with E-state index in [9.17, 15) is 4.79 Å². The van der Waals surface area contributed by atoms with Gasteiger partial charge >= 0.3 is 6.03 Å². The van der Waals surface area contributed by atoms with Crippen molar-refractivity contribution in [2.75, 3.05) is 32.5 Å². The van der Waals surface area contributed by atoms with E-state index in [1.807, 2.05) is 85.7 Å². The monoisotopic (exact) mass is 407 g/mol. The predicted octanol–water partition coefficient (Wildman–Crippen LogP) is 4.59. The van der Waals surface area contributed by atoms with Gasteiger partial charge in [-0.05, 0) is 49.5 Å². The molecule has 2 amide bonds. The van der Waals surface area contributed by atoms with E-state index in [0.717, 1.165) is 29.1 Å². The van der Waals surface area contributed by atoms with Crippen LogP contribution in [-0.2, 0) is 24.5 Å². The van der Waals surface area contributed by atoms with E-state index in [0.29, 0.717) is 26.3 Å². The van der Waals surface area contributed by atoms with E-state index in [2.05, 4.69) is 10.2 Å². The highest BCUT2D eigenvalue weighted by Crippen LogP contribution is 2.14. The second-order valence-electron chi connectivity index (χ2n) is 7.41. The minimum Gasteiger partial charge on any atom is -0.467 e. The van der Waals surface area contributed by atoms with Crippen LogP contribution >= 0.6 is 0 Å². The Hall–Kier alpha value is -3.09. The molecule has 0 saturated carbocycles. The van der Waals surface area contributed by atoms with Crippen molar-refractivity contribution in [1.82, 2.24) is 9.80 Å². The molecule has 0 bridgehead atoms. The Balaban J connectivity index is 1.59. The Bertz CT molecular complexity index is 895. The summed E-state index contributed by atoms with van der Waals surface area (Å²) in [6.45, 7) is 2.85. The molecule has 0 fully saturated rings. The topological polar surface area (TPSA) is 58.0 Å². The number of nitrogens with one attached hydrogen (secondary N) is 1. The number of hydrogen-bond acceptors (Lipinski definition) is 4. The van der Waals surface area contributed by atoms with Crippen molar-refractivity contribution < 1.29 is 13.9 Å². The van der Waals surface area contributed by atoms with Crippen molar-refractivity contribution in [3.05, 3.63) is 89.9 Å². The van der Waals surface area contributed by atoms with Gasteiger partial charge in [0.25, 0.3) is 0 Å². The number of benzene rings is 2. The molecule has 0 aliphatic heterocycles. The lowest BCUT2D eigenvalue weighted by Gasteiger charge is -2.25. The Morgan fingerprint density at radius 3 is 2.47 bits per heavy atom. The van der Waals surface area contributed by atoms with Crippen LogP contribution in [0.3, 0.4) is 0 Å². The Kier molecular flexibility index (Phi) is 8.06. The summed E-state index contributed by atoms with van der Waals surface area (Å²) in [6, 6.07) is 21.4. The van der Waals surface area contributed by atoms with Crippen LogP contribution in [0.1, 0.15) is 16.9 Å². The highest BCUT2D eigenvalue weighted by Gasteiger charge is 2.14. The van der Waals surface area contributed by atoms with Crippen LogP contribution in [0.2, 0.25) is 0 Å². The maximum absolute atomic E-state index is 13.0. The smallest absolute Gasteiger partial charge is 0.322 e. The van der Waals surface area contributed by atoms with Gasteiger partial charge in [-0.3, -0.25) is 0 Å². The SMILES string of the molecule is CN(C)CCN(Cc1ccccc1)C(=O)Nc1cccc(COCc2ccco2)c1. The van der Waals surface area contributed by atoms with Gasteiger partial charge in [0.05, 0.1) is 12.9 Å². The Morgan fingerprint density at radius 2 is 1.73 bits per heavy atom. The van der Waals surface area contributed by atoms with Gasteiger partial charge in [0.15, 0.2) is 0 Å². The summed E-state index contributed by atoms with van der Waals surface area (Å²) in [7, 11) is 4.01. The number of furan rings is 1. The van der Waals surface area contributed by atoms with Crippen LogP contribution in [0.15, 0.2) is 77.4 Å². The number of rotatable bonds is 10. The molecule has 2 aromatic carbocycles. The van der Waals surface area contributed by atoms with Crippen LogP contribution in [-0.4, -0.2) is 43.0 Å². The zero-order chi connectivity index (χ0) is 21.2. The molecule has 0 atom stereocenters. The maximum Gasteiger partial charge on any atom is 0.322 e. The van der Waals surface area contributed by atoms with Gasteiger partial charge in [0.1, 0.15) is 12.4 Å². The van der Waals surface area contributed by atoms with E-state index in [-0.39, 0.29) is 6.03 Å². The summed E-state index contributed by atoms with van der Waals surface area (Å²) in [5.74, 6) is 0.789. The van der Waals surface area contributed by atoms with Gasteiger partial charge in [-0.1, -0.05) is 42.5 Å². The largest absolute Gasteiger partial charge is 0.467 e. The van der Waals surface area contributed by atoms with Crippen LogP contribution in [0.25, 0.3) is 0 Å². The summed E-state index contributed by atoms with van der Waals surface area (Å²) in [5.41, 5.74) is 2.84. The summed E-state index contributed by atoms with van der Waals surface area (Å²) in [5, 5.41) is 3.02. The Morgan fingerprint density at radius 1 is 0.933 bits per heavy atom. The molecule has 0 spiro atoms. The fourth-order valence-corrected chi connectivity index (χ4v) is 2.98. The van der Waals surface area contributed by atoms with Crippen LogP contribution in [0.5, 0.6) is 0 Å². The first-order chi connectivity index (χ1) is 14.6. The minimum absolute atomic E-state index is 0.116. The van der Waals surface area contributed by atoms with Gasteiger partial charge in [-0.25, -0.2) is 4.79 Å². The maximum atomic E-state index is 13.0. The zero-order valence-electron chi connectivity index (χ0n) is 17.6. The van der Waals surface area contributed by atoms with Crippen LogP contribution in [0, 0.1) is 0 Å². The number of urea groups is 1. The lowest BCUT2D eigenvalue weighted by atomic mass is 10.2. The molecule has 158 valence electrons. The second-order valence-corrected chi connectivity index (χ2v) is 7.41. The van der Waals surface area contributed by atoms with E-state index in [4.69, 9.17) is 9.15 Å². The summed E-state index contributed by atoms with van der Waals surface area (Å²) in [6.07, 6.45) is 1.63. The lowest BCUT2D eigenvalue weighted by Crippen LogP contribution is -2.39. The van der Waals surface area contributed by atoms with Gasteiger partial charge in [0, 0.05) is 25.3 Å². The van der Waals surface area contributed by atoms with Gasteiger partial charge in [-0.2, -0.15) is 0 Å². The molecule has 0 aliphatic rings. The Labute approximate surface area is 178 Å². The van der Waals surface area contributed by atoms with Gasteiger partial charge in [0.2, 0.25) is 0 Å². The number of carbonyl (C=O) groups is 1. The average molecular weight is 408 g/mol. The van der Waals surface area contributed by atoms with Crippen molar-refractivity contribution in [2.24, 2.45) is 0 Å². The van der Waals surface area contributed by atoms with Crippen molar-refractivity contribution in [3.63, 3.8) is 0 Å². The van der Waals surface area contributed by atoms with Crippen LogP contribution in [0.4, 0.5) is 10.5 Å². The van der Waals surface area contributed by atoms with Crippen molar-refractivity contribution >= 4 is 11.7 Å². The first kappa shape index (κ1) is 21.6. The average Bonchev–Trinajstić information content (AvgIpc) is 3.25. The zero-order valence-corrected chi connectivity index (χ0v) is 17.6. The molecule has 30 heavy (non-hydrogen) atoms. The first-order valence-corrected chi connectivity index (χ1v) is 10.0. The van der Waals surface area contributed by atoms with Gasteiger partial charge < -0.3 is 24.3 Å². The molecule has 6 nitrogen and oxygen atoms in total. The molecule has 0 radical (unpaired) electrons. The second kappa shape index (κ2) is 11.2. The molecule has 3 aromatic rings. The van der Waals surface area contributed by atoms with Crippen molar-refractivity contribution in [3.8, 4) is 0 Å². The van der Waals surface area contributed by atoms with E-state index in [1.165, 1.54) is 0 Å². The molecule has 1 N–H and O–H groups in total. The molecule has 1 heterocycles. The van der Waals surface area contributed by atoms with Crippen molar-refractivity contribution in [2.45, 2.75) is 19.8 Å². The molecule has 0 aliphatic carbocycles. The van der Waals surface area contributed by atoms with E-state index in [1.54, 1.807) is 6.26 Å². The predicted molar refractivity (Wildman–Crippen MR) is 118 cm³/mol. The molecule has 0 unspecified atom stereocenters. The summed E-state index contributed by atoms with van der Waals surface area (Å²) >= 11 is 0. The molecular formula is C24H29N3O3. The highest BCUT2D eigenvalue weighted by molar-refractivity contribution is 5.89. The highest BCUT2D eigenvalue weighted by atomic mass is 16.5. The number of hydrogen-bond donors (Lipinski definition) is 1. The number of likely N-dealkylation sites (N-methyl/N-ethyl adjacent to an activating group) is 1. The third-order valence-corrected chi connectivity index (χ3v) is 4.59. The first-order valence-electron chi connectivity index (χ1n) is 10.0. The standard InChI is InChI=1S/C24H29N3O3/c1-26(2)13-14-27(17-20-8-4-3-5-9-20)24(28)25-22-11-6-10-21(16-22)18-29-19-23-12-7-15-30-23/h3-12,15-16H,13-14,17-19H2,1-2H3,(H,25,28). The van der Waals surface area contributed by atoms with E-state index >= 15 is 0 Å². The third-order valence-electron chi connectivity index (χ3n) is 4.59. The summed E-state index contributed by atoms with van der Waals surface area (Å²) < 4.78 is 11.0. The minimum atomic E-state index is -0.116. The lowest BCUT2D eigenvalue weighted by molar-refractivity contribution is 0.0930. The van der Waals surface area contributed by atoms with Crippen molar-refractivity contribution in [1.29, 1.82) is 0 Å². The molecule has 3 rings (SSSR count). The number of amides is 2. The molecule has 6 heteroatoms. The molecule has 1 aromatic heterocycles. The van der Waals surface area contributed by atoms with E-state index < -0.39 is 0 Å². The quantitative estimate of drug-likeness (QED) is 0.534. The number of nitrogens with zero attached hydrogens (tertiary/aromatic N) is 2.